The second-order valence-corrected chi connectivity index (χ2v) is 3.26. The van der Waals surface area contributed by atoms with Crippen molar-refractivity contribution in [2.75, 3.05) is 6.61 Å². The zero-order chi connectivity index (χ0) is 11.1. The van der Waals surface area contributed by atoms with E-state index >= 15 is 0 Å². The maximum atomic E-state index is 12.6. The number of halogens is 1. The molecule has 0 spiro atoms. The van der Waals surface area contributed by atoms with Gasteiger partial charge in [-0.3, -0.25) is 0 Å². The van der Waals surface area contributed by atoms with Gasteiger partial charge >= 0.3 is 0 Å². The summed E-state index contributed by atoms with van der Waals surface area (Å²) in [7, 11) is 0. The lowest BCUT2D eigenvalue weighted by Gasteiger charge is -2.03. The molecule has 0 radical (unpaired) electrons. The van der Waals surface area contributed by atoms with Gasteiger partial charge in [-0.1, -0.05) is 24.3 Å². The molecule has 80 valence electrons. The first-order valence-electron chi connectivity index (χ1n) is 4.74. The Morgan fingerprint density at radius 1 is 1.33 bits per heavy atom. The molecule has 0 aliphatic carbocycles. The van der Waals surface area contributed by atoms with Gasteiger partial charge in [0.1, 0.15) is 12.1 Å². The Morgan fingerprint density at radius 3 is 2.53 bits per heavy atom. The Bertz CT molecular complexity index is 330. The molecule has 0 heterocycles. The molecule has 1 aromatic rings. The van der Waals surface area contributed by atoms with E-state index in [0.717, 1.165) is 11.8 Å². The summed E-state index contributed by atoms with van der Waals surface area (Å²) in [4.78, 5) is 10.2. The average molecular weight is 208 g/mol. The van der Waals surface area contributed by atoms with Crippen LogP contribution >= 0.6 is 0 Å². The highest BCUT2D eigenvalue weighted by Gasteiger charge is 2.00. The largest absolute Gasteiger partial charge is 0.396 e. The van der Waals surface area contributed by atoms with Gasteiger partial charge in [0.2, 0.25) is 0 Å². The first-order valence-corrected chi connectivity index (χ1v) is 4.74. The van der Waals surface area contributed by atoms with E-state index in [1.54, 1.807) is 24.3 Å². The molecule has 0 amide bonds. The molecule has 0 bridgehead atoms. The minimum Gasteiger partial charge on any atom is -0.396 e. The van der Waals surface area contributed by atoms with Gasteiger partial charge in [-0.15, -0.1) is 0 Å². The van der Waals surface area contributed by atoms with Crippen LogP contribution in [-0.2, 0) is 4.79 Å². The molecule has 0 aromatic heterocycles. The van der Waals surface area contributed by atoms with Gasteiger partial charge in [0.15, 0.2) is 0 Å². The van der Waals surface area contributed by atoms with Crippen molar-refractivity contribution in [2.24, 2.45) is 5.92 Å². The highest BCUT2D eigenvalue weighted by atomic mass is 19.1. The Hall–Kier alpha value is -1.48. The second kappa shape index (κ2) is 6.09. The molecule has 0 fully saturated rings. The van der Waals surface area contributed by atoms with Crippen molar-refractivity contribution >= 4 is 12.4 Å². The summed E-state index contributed by atoms with van der Waals surface area (Å²) in [6.45, 7) is -0.0591. The molecule has 0 saturated heterocycles. The smallest absolute Gasteiger partial charge is 0.123 e. The van der Waals surface area contributed by atoms with Gasteiger partial charge in [0.25, 0.3) is 0 Å². The van der Waals surface area contributed by atoms with Crippen LogP contribution in [-0.4, -0.2) is 18.0 Å². The van der Waals surface area contributed by atoms with E-state index in [2.05, 4.69) is 0 Å². The van der Waals surface area contributed by atoms with E-state index < -0.39 is 0 Å². The van der Waals surface area contributed by atoms with E-state index in [1.165, 1.54) is 12.1 Å². The molecule has 0 saturated carbocycles. The summed E-state index contributed by atoms with van der Waals surface area (Å²) in [5.74, 6) is -0.439. The van der Waals surface area contributed by atoms with Gasteiger partial charge in [0.05, 0.1) is 0 Å². The molecule has 0 aliphatic heterocycles. The van der Waals surface area contributed by atoms with Crippen molar-refractivity contribution in [3.63, 3.8) is 0 Å². The van der Waals surface area contributed by atoms with E-state index in [4.69, 9.17) is 5.11 Å². The third-order valence-corrected chi connectivity index (χ3v) is 2.06. The molecule has 3 heteroatoms. The van der Waals surface area contributed by atoms with E-state index in [-0.39, 0.29) is 18.3 Å². The van der Waals surface area contributed by atoms with Crippen LogP contribution in [0.4, 0.5) is 4.39 Å². The van der Waals surface area contributed by atoms with Crippen LogP contribution in [0.1, 0.15) is 12.0 Å². The van der Waals surface area contributed by atoms with Crippen LogP contribution in [0.25, 0.3) is 6.08 Å². The van der Waals surface area contributed by atoms with Crippen molar-refractivity contribution < 1.29 is 14.3 Å². The minimum atomic E-state index is -0.279. The predicted octanol–water partition coefficient (Wildman–Crippen LogP) is 2.04. The first-order chi connectivity index (χ1) is 7.26. The summed E-state index contributed by atoms with van der Waals surface area (Å²) in [6, 6.07) is 6.02. The molecular formula is C12H13FO2. The third-order valence-electron chi connectivity index (χ3n) is 2.06. The van der Waals surface area contributed by atoms with Crippen LogP contribution in [0, 0.1) is 11.7 Å². The normalized spacial score (nSPS) is 12.9. The van der Waals surface area contributed by atoms with Crippen molar-refractivity contribution in [3.8, 4) is 0 Å². The standard InChI is InChI=1S/C12H13FO2/c13-12-5-3-10(4-6-12)1-2-11(9-15)7-8-14/h1-6,8,11,15H,7,9H2/b2-1+. The number of aldehydes is 1. The summed E-state index contributed by atoms with van der Waals surface area (Å²) in [5.41, 5.74) is 0.848. The molecule has 1 atom stereocenters. The molecule has 1 N–H and O–H groups in total. The van der Waals surface area contributed by atoms with Crippen LogP contribution in [0.15, 0.2) is 30.3 Å². The van der Waals surface area contributed by atoms with E-state index in [0.29, 0.717) is 6.42 Å². The van der Waals surface area contributed by atoms with Gasteiger partial charge in [-0.25, -0.2) is 4.39 Å². The minimum absolute atomic E-state index is 0.0591. The van der Waals surface area contributed by atoms with Crippen molar-refractivity contribution in [2.45, 2.75) is 6.42 Å². The second-order valence-electron chi connectivity index (χ2n) is 3.26. The van der Waals surface area contributed by atoms with E-state index in [1.807, 2.05) is 0 Å². The van der Waals surface area contributed by atoms with Crippen LogP contribution < -0.4 is 0 Å². The number of aliphatic hydroxyl groups excluding tert-OH is 1. The summed E-state index contributed by atoms with van der Waals surface area (Å²) in [6.07, 6.45) is 4.59. The molecule has 1 aromatic carbocycles. The van der Waals surface area contributed by atoms with Crippen LogP contribution in [0.5, 0.6) is 0 Å². The Labute approximate surface area is 88.1 Å². The van der Waals surface area contributed by atoms with Crippen molar-refractivity contribution in [1.82, 2.24) is 0 Å². The zero-order valence-electron chi connectivity index (χ0n) is 8.27. The Balaban J connectivity index is 2.62. The Morgan fingerprint density at radius 2 is 2.00 bits per heavy atom. The molecule has 0 aliphatic rings. The van der Waals surface area contributed by atoms with Crippen LogP contribution in [0.2, 0.25) is 0 Å². The number of hydrogen-bond acceptors (Lipinski definition) is 2. The number of carbonyl (C=O) groups excluding carboxylic acids is 1. The predicted molar refractivity (Wildman–Crippen MR) is 56.7 cm³/mol. The van der Waals surface area contributed by atoms with Gasteiger partial charge in [0, 0.05) is 18.9 Å². The monoisotopic (exact) mass is 208 g/mol. The summed E-state index contributed by atoms with van der Waals surface area (Å²) >= 11 is 0. The van der Waals surface area contributed by atoms with E-state index in [9.17, 15) is 9.18 Å². The fourth-order valence-corrected chi connectivity index (χ4v) is 1.16. The highest BCUT2D eigenvalue weighted by Crippen LogP contribution is 2.08. The maximum absolute atomic E-state index is 12.6. The third kappa shape index (κ3) is 4.04. The summed E-state index contributed by atoms with van der Waals surface area (Å²) < 4.78 is 12.6. The molecule has 15 heavy (non-hydrogen) atoms. The summed E-state index contributed by atoms with van der Waals surface area (Å²) in [5, 5.41) is 8.91. The number of aliphatic hydroxyl groups is 1. The lowest BCUT2D eigenvalue weighted by Crippen LogP contribution is -2.02. The van der Waals surface area contributed by atoms with Crippen molar-refractivity contribution in [3.05, 3.63) is 41.7 Å². The lowest BCUT2D eigenvalue weighted by molar-refractivity contribution is -0.108. The lowest BCUT2D eigenvalue weighted by atomic mass is 10.1. The first kappa shape index (κ1) is 11.6. The Kier molecular flexibility index (Phi) is 4.71. The topological polar surface area (TPSA) is 37.3 Å². The van der Waals surface area contributed by atoms with Gasteiger partial charge in [-0.2, -0.15) is 0 Å². The van der Waals surface area contributed by atoms with Gasteiger partial charge in [-0.05, 0) is 17.7 Å². The average Bonchev–Trinajstić information content (AvgIpc) is 2.26. The highest BCUT2D eigenvalue weighted by molar-refractivity contribution is 5.53. The number of rotatable bonds is 5. The number of hydrogen-bond donors (Lipinski definition) is 1. The molecular weight excluding hydrogens is 195 g/mol. The van der Waals surface area contributed by atoms with Gasteiger partial charge < -0.3 is 9.90 Å². The molecule has 1 rings (SSSR count). The molecule has 2 nitrogen and oxygen atoms in total. The fraction of sp³-hybridized carbons (Fsp3) is 0.250. The number of benzene rings is 1. The fourth-order valence-electron chi connectivity index (χ4n) is 1.16. The van der Waals surface area contributed by atoms with Crippen LogP contribution in [0.3, 0.4) is 0 Å². The molecule has 1 unspecified atom stereocenters. The zero-order valence-corrected chi connectivity index (χ0v) is 8.27. The quantitative estimate of drug-likeness (QED) is 0.752. The SMILES string of the molecule is O=CCC(/C=C/c1ccc(F)cc1)CO. The number of carbonyl (C=O) groups is 1. The van der Waals surface area contributed by atoms with Crippen molar-refractivity contribution in [1.29, 1.82) is 0 Å². The maximum Gasteiger partial charge on any atom is 0.123 e.